The van der Waals surface area contributed by atoms with E-state index in [0.29, 0.717) is 5.06 Å². The molecule has 3 aliphatic rings. The van der Waals surface area contributed by atoms with Gasteiger partial charge < -0.3 is 9.25 Å². The number of amides is 2. The molecule has 1 saturated carbocycles. The van der Waals surface area contributed by atoms with Gasteiger partial charge in [-0.2, -0.15) is 0 Å². The van der Waals surface area contributed by atoms with Crippen LogP contribution >= 0.6 is 0 Å². The molecule has 2 amide bonds. The van der Waals surface area contributed by atoms with Gasteiger partial charge in [0.1, 0.15) is 0 Å². The average molecular weight is 273 g/mol. The molecule has 6 nitrogen and oxygen atoms in total. The molecular weight excluding hydrogens is 262 g/mol. The molecule has 102 valence electrons. The van der Waals surface area contributed by atoms with E-state index in [4.69, 9.17) is 9.25 Å². The SMILES string of the molecule is O=C(ON1C(=O)[C@@H]2[C@H](C1=O)[C@H]1C=C[C@H]2C1)c1ccco1. The van der Waals surface area contributed by atoms with Crippen LogP contribution in [-0.4, -0.2) is 22.8 Å². The lowest BCUT2D eigenvalue weighted by Crippen LogP contribution is -2.35. The van der Waals surface area contributed by atoms with Crippen LogP contribution < -0.4 is 0 Å². The first-order chi connectivity index (χ1) is 9.66. The Labute approximate surface area is 113 Å². The smallest absolute Gasteiger partial charge is 0.398 e. The monoisotopic (exact) mass is 273 g/mol. The van der Waals surface area contributed by atoms with Gasteiger partial charge in [-0.3, -0.25) is 9.59 Å². The molecule has 1 aromatic heterocycles. The van der Waals surface area contributed by atoms with E-state index in [1.54, 1.807) is 0 Å². The molecule has 2 aliphatic carbocycles. The van der Waals surface area contributed by atoms with Crippen LogP contribution in [0.1, 0.15) is 17.0 Å². The Kier molecular flexibility index (Phi) is 2.19. The second-order valence-electron chi connectivity index (χ2n) is 5.33. The predicted octanol–water partition coefficient (Wildman–Crippen LogP) is 1.16. The first-order valence-electron chi connectivity index (χ1n) is 6.49. The quantitative estimate of drug-likeness (QED) is 0.597. The maximum atomic E-state index is 12.3. The van der Waals surface area contributed by atoms with Crippen LogP contribution in [0, 0.1) is 23.7 Å². The highest BCUT2D eigenvalue weighted by molar-refractivity contribution is 6.06. The molecule has 4 rings (SSSR count). The van der Waals surface area contributed by atoms with Gasteiger partial charge in [-0.15, -0.1) is 5.06 Å². The third kappa shape index (κ3) is 1.36. The van der Waals surface area contributed by atoms with E-state index in [-0.39, 0.29) is 29.4 Å². The molecule has 2 bridgehead atoms. The molecule has 0 radical (unpaired) electrons. The van der Waals surface area contributed by atoms with Crippen molar-refractivity contribution in [3.8, 4) is 0 Å². The van der Waals surface area contributed by atoms with Crippen LogP contribution in [0.5, 0.6) is 0 Å². The van der Waals surface area contributed by atoms with Gasteiger partial charge in [-0.25, -0.2) is 4.79 Å². The summed E-state index contributed by atoms with van der Waals surface area (Å²) in [4.78, 5) is 41.2. The summed E-state index contributed by atoms with van der Waals surface area (Å²) in [5.74, 6) is -2.28. The van der Waals surface area contributed by atoms with Crippen LogP contribution in [0.4, 0.5) is 0 Å². The van der Waals surface area contributed by atoms with Gasteiger partial charge in [0.05, 0.1) is 18.1 Å². The topological polar surface area (TPSA) is 76.8 Å². The molecular formula is C14H11NO5. The van der Waals surface area contributed by atoms with Crippen molar-refractivity contribution in [2.75, 3.05) is 0 Å². The average Bonchev–Trinajstić information content (AvgIpc) is 3.18. The van der Waals surface area contributed by atoms with Gasteiger partial charge in [0.25, 0.3) is 11.8 Å². The summed E-state index contributed by atoms with van der Waals surface area (Å²) < 4.78 is 4.89. The normalized spacial score (nSPS) is 33.9. The predicted molar refractivity (Wildman–Crippen MR) is 63.7 cm³/mol. The van der Waals surface area contributed by atoms with E-state index in [1.165, 1.54) is 18.4 Å². The molecule has 1 saturated heterocycles. The maximum absolute atomic E-state index is 12.3. The molecule has 0 unspecified atom stereocenters. The lowest BCUT2D eigenvalue weighted by atomic mass is 9.85. The molecule has 1 aliphatic heterocycles. The summed E-state index contributed by atoms with van der Waals surface area (Å²) in [7, 11) is 0. The van der Waals surface area contributed by atoms with Gasteiger partial charge >= 0.3 is 5.97 Å². The van der Waals surface area contributed by atoms with Crippen molar-refractivity contribution in [2.45, 2.75) is 6.42 Å². The second-order valence-corrected chi connectivity index (χ2v) is 5.33. The molecule has 1 aromatic rings. The van der Waals surface area contributed by atoms with E-state index >= 15 is 0 Å². The lowest BCUT2D eigenvalue weighted by Gasteiger charge is -2.14. The van der Waals surface area contributed by atoms with E-state index in [0.717, 1.165) is 6.42 Å². The number of furan rings is 1. The number of hydroxylamine groups is 2. The van der Waals surface area contributed by atoms with Gasteiger partial charge in [-0.05, 0) is 30.4 Å². The van der Waals surface area contributed by atoms with E-state index in [1.807, 2.05) is 12.2 Å². The Hall–Kier alpha value is -2.37. The van der Waals surface area contributed by atoms with Crippen molar-refractivity contribution in [1.82, 2.24) is 5.06 Å². The lowest BCUT2D eigenvalue weighted by molar-refractivity contribution is -0.175. The summed E-state index contributed by atoms with van der Waals surface area (Å²) in [6.07, 6.45) is 6.12. The number of carbonyl (C=O) groups excluding carboxylic acids is 3. The highest BCUT2D eigenvalue weighted by Gasteiger charge is 2.60. The first kappa shape index (κ1) is 11.5. The van der Waals surface area contributed by atoms with Gasteiger partial charge in [-0.1, -0.05) is 12.2 Å². The van der Waals surface area contributed by atoms with Crippen molar-refractivity contribution in [2.24, 2.45) is 23.7 Å². The minimum absolute atomic E-state index is 0.0382. The third-order valence-corrected chi connectivity index (χ3v) is 4.33. The number of imide groups is 1. The summed E-state index contributed by atoms with van der Waals surface area (Å²) in [5, 5.41) is 0.617. The zero-order chi connectivity index (χ0) is 13.9. The second kappa shape index (κ2) is 3.82. The minimum atomic E-state index is -0.836. The minimum Gasteiger partial charge on any atom is -0.457 e. The molecule has 20 heavy (non-hydrogen) atoms. The van der Waals surface area contributed by atoms with Gasteiger partial charge in [0.15, 0.2) is 0 Å². The van der Waals surface area contributed by atoms with Crippen LogP contribution in [-0.2, 0) is 14.4 Å². The molecule has 0 spiro atoms. The Bertz CT molecular complexity index is 602. The highest BCUT2D eigenvalue weighted by Crippen LogP contribution is 2.52. The van der Waals surface area contributed by atoms with Crippen molar-refractivity contribution in [3.05, 3.63) is 36.3 Å². The fraction of sp³-hybridized carbons (Fsp3) is 0.357. The maximum Gasteiger partial charge on any atom is 0.398 e. The number of nitrogens with zero attached hydrogens (tertiary/aromatic N) is 1. The number of hydrogen-bond acceptors (Lipinski definition) is 5. The number of rotatable bonds is 2. The van der Waals surface area contributed by atoms with Gasteiger partial charge in [0, 0.05) is 0 Å². The van der Waals surface area contributed by atoms with E-state index in [2.05, 4.69) is 0 Å². The number of fused-ring (bicyclic) bond motifs is 5. The first-order valence-corrected chi connectivity index (χ1v) is 6.49. The molecule has 6 heteroatoms. The summed E-state index contributed by atoms with van der Waals surface area (Å²) >= 11 is 0. The highest BCUT2D eigenvalue weighted by atomic mass is 16.7. The van der Waals surface area contributed by atoms with E-state index in [9.17, 15) is 14.4 Å². The number of allylic oxidation sites excluding steroid dienone is 2. The molecule has 2 heterocycles. The molecule has 2 fully saturated rings. The molecule has 4 atom stereocenters. The summed E-state index contributed by atoms with van der Waals surface area (Å²) in [6, 6.07) is 2.95. The third-order valence-electron chi connectivity index (χ3n) is 4.33. The number of hydrogen-bond donors (Lipinski definition) is 0. The summed E-state index contributed by atoms with van der Waals surface area (Å²) in [6.45, 7) is 0. The Morgan fingerprint density at radius 1 is 1.20 bits per heavy atom. The fourth-order valence-corrected chi connectivity index (χ4v) is 3.49. The zero-order valence-corrected chi connectivity index (χ0v) is 10.4. The zero-order valence-electron chi connectivity index (χ0n) is 10.4. The Morgan fingerprint density at radius 3 is 2.40 bits per heavy atom. The van der Waals surface area contributed by atoms with Crippen molar-refractivity contribution >= 4 is 17.8 Å². The Balaban J connectivity index is 1.57. The van der Waals surface area contributed by atoms with Crippen LogP contribution in [0.2, 0.25) is 0 Å². The van der Waals surface area contributed by atoms with Crippen molar-refractivity contribution in [3.63, 3.8) is 0 Å². The van der Waals surface area contributed by atoms with E-state index < -0.39 is 17.8 Å². The van der Waals surface area contributed by atoms with Gasteiger partial charge in [0.2, 0.25) is 5.76 Å². The van der Waals surface area contributed by atoms with Crippen molar-refractivity contribution < 1.29 is 23.6 Å². The van der Waals surface area contributed by atoms with Crippen molar-refractivity contribution in [1.29, 1.82) is 0 Å². The standard InChI is InChI=1S/C14H11NO5/c16-12-10-7-3-4-8(6-7)11(10)13(17)15(12)20-14(18)9-2-1-5-19-9/h1-5,7-8,10-11H,6H2/t7-,8-,10-,11+/m0/s1. The van der Waals surface area contributed by atoms with Crippen LogP contribution in [0.3, 0.4) is 0 Å². The molecule has 0 aromatic carbocycles. The van der Waals surface area contributed by atoms with Crippen LogP contribution in [0.25, 0.3) is 0 Å². The largest absolute Gasteiger partial charge is 0.457 e. The van der Waals surface area contributed by atoms with Crippen LogP contribution in [0.15, 0.2) is 35.0 Å². The fourth-order valence-electron chi connectivity index (χ4n) is 3.49. The molecule has 0 N–H and O–H groups in total. The number of carbonyl (C=O) groups is 3. The Morgan fingerprint density at radius 2 is 1.85 bits per heavy atom. The summed E-state index contributed by atoms with van der Waals surface area (Å²) in [5.41, 5.74) is 0.